The highest BCUT2D eigenvalue weighted by atomic mass is 35.7. The van der Waals surface area contributed by atoms with Gasteiger partial charge in [-0.3, -0.25) is 0 Å². The topological polar surface area (TPSA) is 93.2 Å². The lowest BCUT2D eigenvalue weighted by molar-refractivity contribution is -0.0523. The molecule has 1 rings (SSSR count). The lowest BCUT2D eigenvalue weighted by atomic mass is 10.1. The first-order valence-corrected chi connectivity index (χ1v) is 6.77. The minimum atomic E-state index is -4.42. The Hall–Kier alpha value is -1.43. The Kier molecular flexibility index (Phi) is 4.45. The van der Waals surface area contributed by atoms with Crippen molar-refractivity contribution >= 4 is 19.7 Å². The van der Waals surface area contributed by atoms with E-state index < -0.39 is 31.9 Å². The standard InChI is InChI=1S/C9H7ClF2N2O3S/c10-18(15,16)8-6(4-14)2-1-5(3-13)7(8)17-9(11)12/h1-2,9H,3,13H2. The zero-order valence-electron chi connectivity index (χ0n) is 8.73. The maximum absolute atomic E-state index is 12.3. The fraction of sp³-hybridized carbons (Fsp3) is 0.222. The van der Waals surface area contributed by atoms with Crippen LogP contribution in [0.25, 0.3) is 0 Å². The third kappa shape index (κ3) is 3.07. The van der Waals surface area contributed by atoms with E-state index >= 15 is 0 Å². The van der Waals surface area contributed by atoms with Crippen LogP contribution >= 0.6 is 10.7 Å². The van der Waals surface area contributed by atoms with Crippen molar-refractivity contribution in [3.8, 4) is 11.8 Å². The summed E-state index contributed by atoms with van der Waals surface area (Å²) >= 11 is 0. The molecule has 0 heterocycles. The summed E-state index contributed by atoms with van der Waals surface area (Å²) in [5.41, 5.74) is 4.90. The molecule has 1 aromatic carbocycles. The van der Waals surface area contributed by atoms with Gasteiger partial charge in [0.15, 0.2) is 5.75 Å². The van der Waals surface area contributed by atoms with Crippen LogP contribution in [0.3, 0.4) is 0 Å². The second kappa shape index (κ2) is 5.48. The van der Waals surface area contributed by atoms with E-state index in [0.717, 1.165) is 6.07 Å². The maximum atomic E-state index is 12.3. The first-order valence-electron chi connectivity index (χ1n) is 4.46. The summed E-state index contributed by atoms with van der Waals surface area (Å²) in [4.78, 5) is -0.796. The molecule has 0 unspecified atom stereocenters. The molecule has 0 saturated carbocycles. The second-order valence-electron chi connectivity index (χ2n) is 3.06. The van der Waals surface area contributed by atoms with Crippen molar-refractivity contribution < 1.29 is 21.9 Å². The smallest absolute Gasteiger partial charge is 0.387 e. The summed E-state index contributed by atoms with van der Waals surface area (Å²) < 4.78 is 51.3. The third-order valence-corrected chi connectivity index (χ3v) is 3.34. The quantitative estimate of drug-likeness (QED) is 0.851. The molecule has 0 spiro atoms. The lowest BCUT2D eigenvalue weighted by Gasteiger charge is -2.13. The van der Waals surface area contributed by atoms with Gasteiger partial charge in [-0.2, -0.15) is 14.0 Å². The minimum Gasteiger partial charge on any atom is -0.433 e. The highest BCUT2D eigenvalue weighted by molar-refractivity contribution is 8.13. The zero-order valence-corrected chi connectivity index (χ0v) is 10.3. The monoisotopic (exact) mass is 296 g/mol. The summed E-state index contributed by atoms with van der Waals surface area (Å²) in [7, 11) is 0.697. The Balaban J connectivity index is 3.66. The van der Waals surface area contributed by atoms with E-state index in [4.69, 9.17) is 21.7 Å². The first-order chi connectivity index (χ1) is 8.31. The van der Waals surface area contributed by atoms with Gasteiger partial charge in [0.05, 0.1) is 5.56 Å². The van der Waals surface area contributed by atoms with Crippen LogP contribution in [-0.4, -0.2) is 15.0 Å². The number of rotatable bonds is 4. The van der Waals surface area contributed by atoms with Gasteiger partial charge in [0.1, 0.15) is 11.0 Å². The Morgan fingerprint density at radius 2 is 2.11 bits per heavy atom. The number of ether oxygens (including phenoxy) is 1. The van der Waals surface area contributed by atoms with Crippen LogP contribution in [0.15, 0.2) is 17.0 Å². The van der Waals surface area contributed by atoms with Crippen molar-refractivity contribution in [1.82, 2.24) is 0 Å². The molecule has 0 saturated heterocycles. The molecule has 0 aliphatic heterocycles. The van der Waals surface area contributed by atoms with Crippen molar-refractivity contribution in [1.29, 1.82) is 5.26 Å². The van der Waals surface area contributed by atoms with Gasteiger partial charge >= 0.3 is 6.61 Å². The van der Waals surface area contributed by atoms with E-state index in [2.05, 4.69) is 4.74 Å². The van der Waals surface area contributed by atoms with E-state index in [-0.39, 0.29) is 12.1 Å². The summed E-state index contributed by atoms with van der Waals surface area (Å²) in [6.07, 6.45) is 0. The summed E-state index contributed by atoms with van der Waals surface area (Å²) in [6, 6.07) is 3.88. The minimum absolute atomic E-state index is 0.00789. The highest BCUT2D eigenvalue weighted by Crippen LogP contribution is 2.34. The fourth-order valence-corrected chi connectivity index (χ4v) is 2.55. The Bertz CT molecular complexity index is 599. The maximum Gasteiger partial charge on any atom is 0.387 e. The van der Waals surface area contributed by atoms with Crippen LogP contribution in [-0.2, 0) is 15.6 Å². The van der Waals surface area contributed by atoms with Crippen LogP contribution in [0, 0.1) is 11.3 Å². The van der Waals surface area contributed by atoms with Crippen molar-refractivity contribution in [2.24, 2.45) is 5.73 Å². The van der Waals surface area contributed by atoms with Gasteiger partial charge in [0.25, 0.3) is 9.05 Å². The predicted molar refractivity (Wildman–Crippen MR) is 58.7 cm³/mol. The third-order valence-electron chi connectivity index (χ3n) is 1.98. The van der Waals surface area contributed by atoms with E-state index in [9.17, 15) is 17.2 Å². The van der Waals surface area contributed by atoms with Gasteiger partial charge in [0.2, 0.25) is 0 Å². The van der Waals surface area contributed by atoms with E-state index in [1.165, 1.54) is 12.1 Å². The van der Waals surface area contributed by atoms with Crippen LogP contribution in [0.5, 0.6) is 5.75 Å². The molecule has 0 aromatic heterocycles. The Morgan fingerprint density at radius 1 is 1.50 bits per heavy atom. The van der Waals surface area contributed by atoms with Gasteiger partial charge in [-0.05, 0) is 6.07 Å². The molecule has 18 heavy (non-hydrogen) atoms. The van der Waals surface area contributed by atoms with Crippen molar-refractivity contribution in [2.45, 2.75) is 18.1 Å². The molecule has 0 fully saturated rings. The number of nitrogens with two attached hydrogens (primary N) is 1. The lowest BCUT2D eigenvalue weighted by Crippen LogP contribution is -2.11. The molecular formula is C9H7ClF2N2O3S. The van der Waals surface area contributed by atoms with Crippen LogP contribution in [0.1, 0.15) is 11.1 Å². The normalized spacial score (nSPS) is 11.3. The molecule has 0 bridgehead atoms. The van der Waals surface area contributed by atoms with E-state index in [1.807, 2.05) is 0 Å². The van der Waals surface area contributed by atoms with Crippen LogP contribution in [0.2, 0.25) is 0 Å². The van der Waals surface area contributed by atoms with Gasteiger partial charge in [-0.25, -0.2) is 8.42 Å². The van der Waals surface area contributed by atoms with Gasteiger partial charge in [-0.15, -0.1) is 0 Å². The average Bonchev–Trinajstić information content (AvgIpc) is 2.25. The predicted octanol–water partition coefficient (Wildman–Crippen LogP) is 1.55. The molecule has 5 nitrogen and oxygen atoms in total. The number of alkyl halides is 2. The molecule has 0 atom stereocenters. The number of nitriles is 1. The molecule has 0 amide bonds. The fourth-order valence-electron chi connectivity index (χ4n) is 1.31. The molecule has 98 valence electrons. The zero-order chi connectivity index (χ0) is 13.9. The molecule has 0 aliphatic rings. The number of hydrogen-bond acceptors (Lipinski definition) is 5. The largest absolute Gasteiger partial charge is 0.433 e. The van der Waals surface area contributed by atoms with Gasteiger partial charge in [-0.1, -0.05) is 6.07 Å². The summed E-state index contributed by atoms with van der Waals surface area (Å²) in [5.74, 6) is -0.693. The van der Waals surface area contributed by atoms with Crippen molar-refractivity contribution in [3.05, 3.63) is 23.3 Å². The number of nitrogens with zero attached hydrogens (tertiary/aromatic N) is 1. The van der Waals surface area contributed by atoms with Gasteiger partial charge < -0.3 is 10.5 Å². The van der Waals surface area contributed by atoms with Gasteiger partial charge in [0, 0.05) is 22.8 Å². The molecule has 0 aliphatic carbocycles. The molecule has 2 N–H and O–H groups in total. The SMILES string of the molecule is N#Cc1ccc(CN)c(OC(F)F)c1S(=O)(=O)Cl. The number of benzene rings is 1. The summed E-state index contributed by atoms with van der Waals surface area (Å²) in [5, 5.41) is 8.76. The summed E-state index contributed by atoms with van der Waals surface area (Å²) in [6.45, 7) is -3.51. The first kappa shape index (κ1) is 14.6. The van der Waals surface area contributed by atoms with Crippen LogP contribution < -0.4 is 10.5 Å². The highest BCUT2D eigenvalue weighted by Gasteiger charge is 2.26. The molecule has 9 heteroatoms. The molecular weight excluding hydrogens is 290 g/mol. The average molecular weight is 297 g/mol. The van der Waals surface area contributed by atoms with E-state index in [1.54, 1.807) is 0 Å². The second-order valence-corrected chi connectivity index (χ2v) is 5.57. The number of hydrogen-bond donors (Lipinski definition) is 1. The van der Waals surface area contributed by atoms with Crippen molar-refractivity contribution in [2.75, 3.05) is 0 Å². The van der Waals surface area contributed by atoms with E-state index in [0.29, 0.717) is 0 Å². The molecule has 1 aromatic rings. The molecule has 0 radical (unpaired) electrons. The Morgan fingerprint density at radius 3 is 2.50 bits per heavy atom. The number of halogens is 3. The van der Waals surface area contributed by atoms with Crippen LogP contribution in [0.4, 0.5) is 8.78 Å². The van der Waals surface area contributed by atoms with Crippen molar-refractivity contribution in [3.63, 3.8) is 0 Å². The Labute approximate surface area is 106 Å².